The molecule has 0 bridgehead atoms. The quantitative estimate of drug-likeness (QED) is 0.610. The van der Waals surface area contributed by atoms with Crippen LogP contribution in [0.15, 0.2) is 47.4 Å². The molecule has 0 radical (unpaired) electrons. The van der Waals surface area contributed by atoms with E-state index in [1.165, 1.54) is 24.3 Å². The van der Waals surface area contributed by atoms with E-state index in [0.717, 1.165) is 0 Å². The SMILES string of the molecule is O=C(COC(=O)c1ccccc1SC(F)F)Nc1ccc2c(c1)OCO2. The van der Waals surface area contributed by atoms with Gasteiger partial charge in [0.2, 0.25) is 6.79 Å². The minimum absolute atomic E-state index is 0.0197. The molecule has 1 aliphatic rings. The number of hydrogen-bond donors (Lipinski definition) is 1. The van der Waals surface area contributed by atoms with Crippen molar-refractivity contribution in [2.24, 2.45) is 0 Å². The molecule has 0 aliphatic carbocycles. The highest BCUT2D eigenvalue weighted by molar-refractivity contribution is 7.99. The zero-order valence-corrected chi connectivity index (χ0v) is 14.1. The lowest BCUT2D eigenvalue weighted by Crippen LogP contribution is -2.21. The predicted octanol–water partition coefficient (Wildman–Crippen LogP) is 3.53. The maximum Gasteiger partial charge on any atom is 0.339 e. The Labute approximate surface area is 151 Å². The number of carbonyl (C=O) groups excluding carboxylic acids is 2. The molecule has 0 spiro atoms. The number of esters is 1. The Balaban J connectivity index is 1.57. The van der Waals surface area contributed by atoms with Gasteiger partial charge < -0.3 is 19.5 Å². The highest BCUT2D eigenvalue weighted by Gasteiger charge is 2.18. The molecule has 26 heavy (non-hydrogen) atoms. The number of fused-ring (bicyclic) bond motifs is 1. The Kier molecular flexibility index (Phi) is 5.57. The minimum Gasteiger partial charge on any atom is -0.454 e. The van der Waals surface area contributed by atoms with Gasteiger partial charge in [0.05, 0.1) is 5.56 Å². The second kappa shape index (κ2) is 8.05. The van der Waals surface area contributed by atoms with E-state index in [1.807, 2.05) is 0 Å². The molecule has 0 aromatic heterocycles. The van der Waals surface area contributed by atoms with E-state index in [1.54, 1.807) is 18.2 Å². The molecular formula is C17H13F2NO5S. The van der Waals surface area contributed by atoms with Crippen molar-refractivity contribution in [1.82, 2.24) is 0 Å². The first kappa shape index (κ1) is 18.0. The Morgan fingerprint density at radius 3 is 2.73 bits per heavy atom. The number of benzene rings is 2. The van der Waals surface area contributed by atoms with Crippen LogP contribution in [0.1, 0.15) is 10.4 Å². The Morgan fingerprint density at radius 2 is 1.92 bits per heavy atom. The van der Waals surface area contributed by atoms with Gasteiger partial charge in [-0.2, -0.15) is 8.78 Å². The van der Waals surface area contributed by atoms with E-state index >= 15 is 0 Å². The molecule has 0 fully saturated rings. The summed E-state index contributed by atoms with van der Waals surface area (Å²) < 4.78 is 40.4. The van der Waals surface area contributed by atoms with Crippen LogP contribution in [0.25, 0.3) is 0 Å². The first-order chi connectivity index (χ1) is 12.5. The highest BCUT2D eigenvalue weighted by atomic mass is 32.2. The van der Waals surface area contributed by atoms with Crippen LogP contribution in [0.2, 0.25) is 0 Å². The first-order valence-corrected chi connectivity index (χ1v) is 8.31. The fourth-order valence-electron chi connectivity index (χ4n) is 2.21. The summed E-state index contributed by atoms with van der Waals surface area (Å²) in [6, 6.07) is 10.6. The lowest BCUT2D eigenvalue weighted by atomic mass is 10.2. The average molecular weight is 381 g/mol. The number of ether oxygens (including phenoxy) is 3. The maximum atomic E-state index is 12.5. The molecule has 2 aromatic carbocycles. The third-order valence-electron chi connectivity index (χ3n) is 3.31. The summed E-state index contributed by atoms with van der Waals surface area (Å²) in [4.78, 5) is 24.1. The number of amides is 1. The smallest absolute Gasteiger partial charge is 0.339 e. The number of carbonyl (C=O) groups is 2. The summed E-state index contributed by atoms with van der Waals surface area (Å²) in [7, 11) is 0. The third-order valence-corrected chi connectivity index (χ3v) is 4.10. The molecule has 3 rings (SSSR count). The van der Waals surface area contributed by atoms with Gasteiger partial charge in [0.15, 0.2) is 18.1 Å². The Hall–Kier alpha value is -2.81. The molecule has 1 N–H and O–H groups in total. The molecule has 0 saturated heterocycles. The number of alkyl halides is 2. The van der Waals surface area contributed by atoms with Crippen LogP contribution in [-0.4, -0.2) is 31.0 Å². The zero-order valence-electron chi connectivity index (χ0n) is 13.2. The summed E-state index contributed by atoms with van der Waals surface area (Å²) >= 11 is 0.241. The predicted molar refractivity (Wildman–Crippen MR) is 89.8 cm³/mol. The molecule has 136 valence electrons. The lowest BCUT2D eigenvalue weighted by molar-refractivity contribution is -0.119. The first-order valence-electron chi connectivity index (χ1n) is 7.43. The maximum absolute atomic E-state index is 12.5. The second-order valence-electron chi connectivity index (χ2n) is 5.07. The molecule has 0 atom stereocenters. The zero-order chi connectivity index (χ0) is 18.5. The van der Waals surface area contributed by atoms with Crippen molar-refractivity contribution in [1.29, 1.82) is 0 Å². The summed E-state index contributed by atoms with van der Waals surface area (Å²) in [6.45, 7) is -0.443. The van der Waals surface area contributed by atoms with Gasteiger partial charge >= 0.3 is 5.97 Å². The van der Waals surface area contributed by atoms with Crippen molar-refractivity contribution < 1.29 is 32.6 Å². The van der Waals surface area contributed by atoms with Crippen molar-refractivity contribution >= 4 is 29.3 Å². The molecule has 0 saturated carbocycles. The van der Waals surface area contributed by atoms with Crippen LogP contribution in [0, 0.1) is 0 Å². The van der Waals surface area contributed by atoms with Crippen LogP contribution in [-0.2, 0) is 9.53 Å². The highest BCUT2D eigenvalue weighted by Crippen LogP contribution is 2.34. The number of rotatable bonds is 6. The lowest BCUT2D eigenvalue weighted by Gasteiger charge is -2.09. The van der Waals surface area contributed by atoms with Crippen LogP contribution in [0.4, 0.5) is 14.5 Å². The van der Waals surface area contributed by atoms with E-state index in [0.29, 0.717) is 17.2 Å². The van der Waals surface area contributed by atoms with Crippen LogP contribution < -0.4 is 14.8 Å². The largest absolute Gasteiger partial charge is 0.454 e. The van der Waals surface area contributed by atoms with Gasteiger partial charge in [-0.1, -0.05) is 23.9 Å². The van der Waals surface area contributed by atoms with Gasteiger partial charge in [0.1, 0.15) is 0 Å². The normalized spacial score (nSPS) is 12.1. The monoisotopic (exact) mass is 381 g/mol. The van der Waals surface area contributed by atoms with Crippen molar-refractivity contribution in [2.75, 3.05) is 18.7 Å². The van der Waals surface area contributed by atoms with E-state index in [-0.39, 0.29) is 29.0 Å². The van der Waals surface area contributed by atoms with E-state index in [9.17, 15) is 18.4 Å². The molecule has 9 heteroatoms. The number of anilines is 1. The molecular weight excluding hydrogens is 368 g/mol. The summed E-state index contributed by atoms with van der Waals surface area (Å²) in [6.07, 6.45) is 0. The van der Waals surface area contributed by atoms with Gasteiger partial charge in [-0.3, -0.25) is 4.79 Å². The number of hydrogen-bond acceptors (Lipinski definition) is 6. The van der Waals surface area contributed by atoms with Gasteiger partial charge in [0.25, 0.3) is 11.7 Å². The van der Waals surface area contributed by atoms with Gasteiger partial charge in [-0.25, -0.2) is 4.79 Å². The number of nitrogens with one attached hydrogen (secondary N) is 1. The number of thioether (sulfide) groups is 1. The molecule has 0 unspecified atom stereocenters. The van der Waals surface area contributed by atoms with Gasteiger partial charge in [0, 0.05) is 16.6 Å². The van der Waals surface area contributed by atoms with Crippen LogP contribution in [0.5, 0.6) is 11.5 Å². The van der Waals surface area contributed by atoms with Crippen LogP contribution in [0.3, 0.4) is 0 Å². The third kappa shape index (κ3) is 4.42. The molecule has 2 aromatic rings. The summed E-state index contributed by atoms with van der Waals surface area (Å²) in [5.41, 5.74) is 0.428. The average Bonchev–Trinajstić information content (AvgIpc) is 3.07. The van der Waals surface area contributed by atoms with E-state index in [4.69, 9.17) is 14.2 Å². The van der Waals surface area contributed by atoms with E-state index < -0.39 is 24.2 Å². The fourth-order valence-corrected chi connectivity index (χ4v) is 2.84. The van der Waals surface area contributed by atoms with Crippen LogP contribution >= 0.6 is 11.8 Å². The molecule has 1 heterocycles. The van der Waals surface area contributed by atoms with Gasteiger partial charge in [-0.05, 0) is 24.3 Å². The fraction of sp³-hybridized carbons (Fsp3) is 0.176. The summed E-state index contributed by atoms with van der Waals surface area (Å²) in [5.74, 6) is -3.02. The van der Waals surface area contributed by atoms with Crippen molar-refractivity contribution in [2.45, 2.75) is 10.7 Å². The Morgan fingerprint density at radius 1 is 1.15 bits per heavy atom. The summed E-state index contributed by atoms with van der Waals surface area (Å²) in [5, 5.41) is 2.55. The van der Waals surface area contributed by atoms with E-state index in [2.05, 4.69) is 5.32 Å². The molecule has 1 amide bonds. The van der Waals surface area contributed by atoms with Crippen molar-refractivity contribution in [3.05, 3.63) is 48.0 Å². The Bertz CT molecular complexity index is 831. The topological polar surface area (TPSA) is 73.9 Å². The molecule has 6 nitrogen and oxygen atoms in total. The molecule has 1 aliphatic heterocycles. The second-order valence-corrected chi connectivity index (χ2v) is 6.10. The van der Waals surface area contributed by atoms with Crippen molar-refractivity contribution in [3.63, 3.8) is 0 Å². The standard InChI is InChI=1S/C17H13F2NO5S/c18-17(19)26-14-4-2-1-3-11(14)16(22)23-8-15(21)20-10-5-6-12-13(7-10)25-9-24-12/h1-7,17H,8-9H2,(H,20,21). The van der Waals surface area contributed by atoms with Crippen molar-refractivity contribution in [3.8, 4) is 11.5 Å². The minimum atomic E-state index is -2.67. The number of halogens is 2. The van der Waals surface area contributed by atoms with Gasteiger partial charge in [-0.15, -0.1) is 0 Å².